The third-order valence-electron chi connectivity index (χ3n) is 4.11. The second kappa shape index (κ2) is 14.7. The van der Waals surface area contributed by atoms with E-state index in [1.165, 1.54) is 24.3 Å². The van der Waals surface area contributed by atoms with Crippen molar-refractivity contribution in [2.75, 3.05) is 20.3 Å². The van der Waals surface area contributed by atoms with Crippen LogP contribution in [0.5, 0.6) is 11.5 Å². The fraction of sp³-hybridized carbons (Fsp3) is 0.360. The van der Waals surface area contributed by atoms with Gasteiger partial charge in [-0.2, -0.15) is 0 Å². The van der Waals surface area contributed by atoms with Gasteiger partial charge in [0.15, 0.2) is 11.5 Å². The van der Waals surface area contributed by atoms with Gasteiger partial charge in [0.25, 0.3) is 0 Å². The molecule has 0 spiro atoms. The second-order valence-corrected chi connectivity index (χ2v) is 7.03. The van der Waals surface area contributed by atoms with Crippen LogP contribution >= 0.6 is 0 Å². The molecule has 0 aliphatic rings. The minimum Gasteiger partial charge on any atom is -0.493 e. The number of carbonyl (C=O) groups is 2. The van der Waals surface area contributed by atoms with Gasteiger partial charge in [0, 0.05) is 12.6 Å². The van der Waals surface area contributed by atoms with E-state index in [0.717, 1.165) is 18.4 Å². The van der Waals surface area contributed by atoms with Crippen molar-refractivity contribution in [2.24, 2.45) is 0 Å². The predicted molar refractivity (Wildman–Crippen MR) is 124 cm³/mol. The van der Waals surface area contributed by atoms with Crippen molar-refractivity contribution >= 4 is 18.1 Å². The molecule has 0 fully saturated rings. The number of carbonyl (C=O) groups excluding carboxylic acids is 2. The lowest BCUT2D eigenvalue weighted by molar-refractivity contribution is -0.116. The first-order chi connectivity index (χ1) is 14.8. The summed E-state index contributed by atoms with van der Waals surface area (Å²) in [5.41, 5.74) is 3.40. The van der Waals surface area contributed by atoms with Crippen LogP contribution in [0.1, 0.15) is 46.1 Å². The van der Waals surface area contributed by atoms with Crippen LogP contribution in [0.4, 0.5) is 4.79 Å². The van der Waals surface area contributed by atoms with Crippen LogP contribution in [0.15, 0.2) is 59.7 Å². The quantitative estimate of drug-likeness (QED) is 0.163. The van der Waals surface area contributed by atoms with Gasteiger partial charge in [-0.15, -0.1) is 0 Å². The molecule has 1 rings (SSSR count). The molecule has 0 atom stereocenters. The van der Waals surface area contributed by atoms with E-state index in [1.807, 2.05) is 12.2 Å². The zero-order valence-corrected chi connectivity index (χ0v) is 19.1. The molecule has 1 aromatic rings. The Morgan fingerprint density at radius 1 is 1.06 bits per heavy atom. The molecule has 6 nitrogen and oxygen atoms in total. The van der Waals surface area contributed by atoms with Gasteiger partial charge in [-0.1, -0.05) is 47.6 Å². The molecule has 31 heavy (non-hydrogen) atoms. The van der Waals surface area contributed by atoms with Crippen LogP contribution in [0.2, 0.25) is 0 Å². The molecule has 0 saturated heterocycles. The van der Waals surface area contributed by atoms with Crippen molar-refractivity contribution in [3.63, 3.8) is 0 Å². The average Bonchev–Trinajstić information content (AvgIpc) is 2.72. The van der Waals surface area contributed by atoms with Crippen LogP contribution in [-0.4, -0.2) is 32.3 Å². The number of rotatable bonds is 11. The van der Waals surface area contributed by atoms with Crippen molar-refractivity contribution in [3.05, 3.63) is 65.3 Å². The number of methoxy groups -OCH3 is 1. The molecule has 0 radical (unpaired) electrons. The van der Waals surface area contributed by atoms with Crippen molar-refractivity contribution in [2.45, 2.75) is 40.5 Å². The Labute approximate surface area is 185 Å². The lowest BCUT2D eigenvalue weighted by Crippen LogP contribution is -2.20. The summed E-state index contributed by atoms with van der Waals surface area (Å²) in [6.07, 6.45) is 12.2. The van der Waals surface area contributed by atoms with Crippen LogP contribution < -0.4 is 14.8 Å². The third kappa shape index (κ3) is 11.5. The molecule has 0 aliphatic heterocycles. The van der Waals surface area contributed by atoms with Gasteiger partial charge in [0.05, 0.1) is 13.7 Å². The Morgan fingerprint density at radius 2 is 1.84 bits per heavy atom. The van der Waals surface area contributed by atoms with Crippen molar-refractivity contribution in [1.29, 1.82) is 0 Å². The summed E-state index contributed by atoms with van der Waals surface area (Å²) in [7, 11) is 1.49. The number of amides is 1. The zero-order chi connectivity index (χ0) is 23.1. The van der Waals surface area contributed by atoms with E-state index in [1.54, 1.807) is 37.3 Å². The molecule has 0 unspecified atom stereocenters. The summed E-state index contributed by atoms with van der Waals surface area (Å²) >= 11 is 0. The maximum Gasteiger partial charge on any atom is 0.513 e. The molecule has 1 amide bonds. The summed E-state index contributed by atoms with van der Waals surface area (Å²) < 4.78 is 15.1. The Balaban J connectivity index is 2.52. The summed E-state index contributed by atoms with van der Waals surface area (Å²) in [6.45, 7) is 8.69. The van der Waals surface area contributed by atoms with Gasteiger partial charge in [-0.3, -0.25) is 4.79 Å². The maximum atomic E-state index is 11.9. The fourth-order valence-electron chi connectivity index (χ4n) is 2.49. The highest BCUT2D eigenvalue weighted by atomic mass is 16.7. The molecule has 0 saturated carbocycles. The summed E-state index contributed by atoms with van der Waals surface area (Å²) in [5, 5.41) is 2.83. The van der Waals surface area contributed by atoms with Crippen molar-refractivity contribution in [3.8, 4) is 11.5 Å². The van der Waals surface area contributed by atoms with Crippen molar-refractivity contribution < 1.29 is 23.8 Å². The number of allylic oxidation sites excluding steroid dienone is 5. The summed E-state index contributed by atoms with van der Waals surface area (Å²) in [6, 6.07) is 5.12. The topological polar surface area (TPSA) is 73.9 Å². The van der Waals surface area contributed by atoms with Crippen LogP contribution in [0.3, 0.4) is 0 Å². The zero-order valence-electron chi connectivity index (χ0n) is 19.1. The number of nitrogens with one attached hydrogen (secondary N) is 1. The molecule has 0 bridgehead atoms. The maximum absolute atomic E-state index is 11.9. The van der Waals surface area contributed by atoms with Gasteiger partial charge in [0.2, 0.25) is 5.91 Å². The van der Waals surface area contributed by atoms with Gasteiger partial charge in [-0.05, 0) is 58.2 Å². The van der Waals surface area contributed by atoms with E-state index in [2.05, 4.69) is 32.2 Å². The molecule has 0 aliphatic carbocycles. The number of benzene rings is 1. The highest BCUT2D eigenvalue weighted by molar-refractivity contribution is 5.88. The van der Waals surface area contributed by atoms with Crippen LogP contribution in [0.25, 0.3) is 6.08 Å². The molecular weight excluding hydrogens is 394 g/mol. The van der Waals surface area contributed by atoms with Gasteiger partial charge in [0.1, 0.15) is 0 Å². The lowest BCUT2D eigenvalue weighted by Gasteiger charge is -2.09. The minimum atomic E-state index is -0.782. The first-order valence-electron chi connectivity index (χ1n) is 10.3. The molecule has 0 aromatic heterocycles. The normalized spacial score (nSPS) is 11.5. The molecule has 0 heterocycles. The SMILES string of the molecule is CCOC(=O)Oc1ccc(C=CC=CC(=O)NCC=C(C)CCC=C(C)C)cc1OC. The smallest absolute Gasteiger partial charge is 0.493 e. The molecule has 168 valence electrons. The van der Waals surface area contributed by atoms with Gasteiger partial charge < -0.3 is 19.5 Å². The number of hydrogen-bond donors (Lipinski definition) is 1. The lowest BCUT2D eigenvalue weighted by atomic mass is 10.1. The standard InChI is InChI=1S/C25H33NO5/c1-6-30-25(28)31-22-15-14-21(18-23(22)29-5)12-7-8-13-24(27)26-17-16-20(4)11-9-10-19(2)3/h7-8,10,12-16,18H,6,9,11,17H2,1-5H3,(H,26,27). The molecule has 1 aromatic carbocycles. The van der Waals surface area contributed by atoms with Crippen LogP contribution in [0, 0.1) is 0 Å². The minimum absolute atomic E-state index is 0.159. The highest BCUT2D eigenvalue weighted by Crippen LogP contribution is 2.28. The third-order valence-corrected chi connectivity index (χ3v) is 4.11. The Morgan fingerprint density at radius 3 is 2.52 bits per heavy atom. The predicted octanol–water partition coefficient (Wildman–Crippen LogP) is 5.61. The Kier molecular flexibility index (Phi) is 12.2. The van der Waals surface area contributed by atoms with Crippen molar-refractivity contribution in [1.82, 2.24) is 5.32 Å². The molecule has 1 N–H and O–H groups in total. The second-order valence-electron chi connectivity index (χ2n) is 7.03. The van der Waals surface area contributed by atoms with E-state index in [4.69, 9.17) is 14.2 Å². The first-order valence-corrected chi connectivity index (χ1v) is 10.3. The number of ether oxygens (including phenoxy) is 3. The molecular formula is C25H33NO5. The largest absolute Gasteiger partial charge is 0.513 e. The van der Waals surface area contributed by atoms with E-state index < -0.39 is 6.16 Å². The van der Waals surface area contributed by atoms with Gasteiger partial charge >= 0.3 is 6.16 Å². The summed E-state index contributed by atoms with van der Waals surface area (Å²) in [5.74, 6) is 0.523. The highest BCUT2D eigenvalue weighted by Gasteiger charge is 2.10. The Hall–Kier alpha value is -3.28. The fourth-order valence-corrected chi connectivity index (χ4v) is 2.49. The van der Waals surface area contributed by atoms with E-state index in [-0.39, 0.29) is 18.3 Å². The van der Waals surface area contributed by atoms with E-state index in [0.29, 0.717) is 12.3 Å². The van der Waals surface area contributed by atoms with E-state index in [9.17, 15) is 9.59 Å². The number of hydrogen-bond acceptors (Lipinski definition) is 5. The van der Waals surface area contributed by atoms with Gasteiger partial charge in [-0.25, -0.2) is 4.79 Å². The van der Waals surface area contributed by atoms with E-state index >= 15 is 0 Å². The van der Waals surface area contributed by atoms with Crippen LogP contribution in [-0.2, 0) is 9.53 Å². The monoisotopic (exact) mass is 427 g/mol. The average molecular weight is 428 g/mol. The Bertz CT molecular complexity index is 845. The molecule has 6 heteroatoms. The first kappa shape index (κ1) is 25.8. The summed E-state index contributed by atoms with van der Waals surface area (Å²) in [4.78, 5) is 23.3.